The van der Waals surface area contributed by atoms with Gasteiger partial charge >= 0.3 is 6.18 Å². The first kappa shape index (κ1) is 15.0. The van der Waals surface area contributed by atoms with Gasteiger partial charge in [0.1, 0.15) is 0 Å². The van der Waals surface area contributed by atoms with Crippen LogP contribution in [-0.2, 0) is 4.79 Å². The Bertz CT molecular complexity index is 304. The molecule has 104 valence electrons. The molecule has 2 atom stereocenters. The molecule has 1 fully saturated rings. The molecule has 0 bridgehead atoms. The van der Waals surface area contributed by atoms with Crippen LogP contribution in [-0.4, -0.2) is 42.7 Å². The third kappa shape index (κ3) is 4.01. The number of halogens is 3. The molecular weight excluding hydrogens is 245 g/mol. The molecule has 1 amide bonds. The molecule has 6 heteroatoms. The lowest BCUT2D eigenvalue weighted by Gasteiger charge is -2.36. The molecule has 0 aliphatic carbocycles. The molecule has 0 radical (unpaired) electrons. The van der Waals surface area contributed by atoms with Crippen molar-refractivity contribution in [2.24, 2.45) is 5.92 Å². The maximum Gasteiger partial charge on any atom is 0.393 e. The van der Waals surface area contributed by atoms with Gasteiger partial charge < -0.3 is 5.32 Å². The number of hydrogen-bond acceptors (Lipinski definition) is 2. The second kappa shape index (κ2) is 6.22. The molecule has 0 saturated carbocycles. The minimum absolute atomic E-state index is 0.0911. The summed E-state index contributed by atoms with van der Waals surface area (Å²) in [5.74, 6) is -1.57. The Labute approximate surface area is 105 Å². The average molecular weight is 264 g/mol. The molecule has 0 unspecified atom stereocenters. The lowest BCUT2D eigenvalue weighted by atomic mass is 9.96. The highest BCUT2D eigenvalue weighted by Gasteiger charge is 2.43. The average Bonchev–Trinajstić information content (AvgIpc) is 2.34. The minimum Gasteiger partial charge on any atom is -0.351 e. The monoisotopic (exact) mass is 264 g/mol. The Kier molecular flexibility index (Phi) is 5.19. The van der Waals surface area contributed by atoms with Crippen molar-refractivity contribution in [3.8, 4) is 0 Å². The van der Waals surface area contributed by atoms with E-state index in [9.17, 15) is 18.0 Å². The first-order valence-corrected chi connectivity index (χ1v) is 6.05. The highest BCUT2D eigenvalue weighted by Crippen LogP contribution is 2.33. The fourth-order valence-corrected chi connectivity index (χ4v) is 2.11. The zero-order valence-corrected chi connectivity index (χ0v) is 10.5. The third-order valence-corrected chi connectivity index (χ3v) is 3.26. The fourth-order valence-electron chi connectivity index (χ4n) is 2.11. The molecule has 1 N–H and O–H groups in total. The van der Waals surface area contributed by atoms with Crippen molar-refractivity contribution >= 4 is 5.91 Å². The van der Waals surface area contributed by atoms with Crippen LogP contribution in [0.15, 0.2) is 12.7 Å². The minimum atomic E-state index is -4.17. The Morgan fingerprint density at radius 3 is 2.83 bits per heavy atom. The van der Waals surface area contributed by atoms with E-state index >= 15 is 0 Å². The van der Waals surface area contributed by atoms with Gasteiger partial charge in [-0.05, 0) is 26.3 Å². The number of carbonyl (C=O) groups excluding carboxylic acids is 1. The lowest BCUT2D eigenvalue weighted by molar-refractivity contribution is -0.188. The van der Waals surface area contributed by atoms with E-state index in [4.69, 9.17) is 0 Å². The molecule has 1 aliphatic rings. The van der Waals surface area contributed by atoms with Gasteiger partial charge in [0.05, 0.1) is 12.0 Å². The van der Waals surface area contributed by atoms with Gasteiger partial charge in [0.25, 0.3) is 0 Å². The first-order valence-electron chi connectivity index (χ1n) is 6.05. The van der Waals surface area contributed by atoms with Crippen molar-refractivity contribution < 1.29 is 18.0 Å². The van der Waals surface area contributed by atoms with Gasteiger partial charge in [-0.2, -0.15) is 13.2 Å². The molecule has 1 rings (SSSR count). The number of rotatable bonds is 4. The number of hydrogen-bond donors (Lipinski definition) is 1. The van der Waals surface area contributed by atoms with Gasteiger partial charge in [-0.1, -0.05) is 6.08 Å². The van der Waals surface area contributed by atoms with Crippen LogP contribution in [0.3, 0.4) is 0 Å². The Morgan fingerprint density at radius 2 is 2.28 bits per heavy atom. The molecule has 1 saturated heterocycles. The fraction of sp³-hybridized carbons (Fsp3) is 0.750. The summed E-state index contributed by atoms with van der Waals surface area (Å²) in [6, 6.07) is -0.532. The maximum atomic E-state index is 12.6. The Morgan fingerprint density at radius 1 is 1.61 bits per heavy atom. The summed E-state index contributed by atoms with van der Waals surface area (Å²) in [6.07, 6.45) is -2.00. The predicted octanol–water partition coefficient (Wildman–Crippen LogP) is 1.95. The van der Waals surface area contributed by atoms with E-state index in [-0.39, 0.29) is 18.9 Å². The predicted molar refractivity (Wildman–Crippen MR) is 63.0 cm³/mol. The highest BCUT2D eigenvalue weighted by atomic mass is 19.4. The van der Waals surface area contributed by atoms with E-state index in [0.717, 1.165) is 0 Å². The van der Waals surface area contributed by atoms with Crippen LogP contribution in [0.2, 0.25) is 0 Å². The maximum absolute atomic E-state index is 12.6. The van der Waals surface area contributed by atoms with Crippen molar-refractivity contribution in [1.29, 1.82) is 0 Å². The van der Waals surface area contributed by atoms with Gasteiger partial charge in [0, 0.05) is 13.1 Å². The van der Waals surface area contributed by atoms with Crippen molar-refractivity contribution in [3.05, 3.63) is 12.7 Å². The highest BCUT2D eigenvalue weighted by molar-refractivity contribution is 5.81. The van der Waals surface area contributed by atoms with Gasteiger partial charge in [0.15, 0.2) is 0 Å². The molecule has 3 nitrogen and oxygen atoms in total. The topological polar surface area (TPSA) is 32.3 Å². The number of nitrogens with zero attached hydrogens (tertiary/aromatic N) is 1. The summed E-state index contributed by atoms with van der Waals surface area (Å²) < 4.78 is 37.9. The summed E-state index contributed by atoms with van der Waals surface area (Å²) >= 11 is 0. The summed E-state index contributed by atoms with van der Waals surface area (Å²) in [7, 11) is 0. The zero-order valence-electron chi connectivity index (χ0n) is 10.5. The summed E-state index contributed by atoms with van der Waals surface area (Å²) in [5, 5.41) is 2.60. The second-order valence-corrected chi connectivity index (χ2v) is 4.59. The van der Waals surface area contributed by atoms with Crippen LogP contribution in [0.25, 0.3) is 0 Å². The number of piperidine rings is 1. The number of nitrogens with one attached hydrogen (secondary N) is 1. The van der Waals surface area contributed by atoms with Crippen LogP contribution in [0, 0.1) is 5.92 Å². The zero-order chi connectivity index (χ0) is 13.8. The number of alkyl halides is 3. The molecule has 18 heavy (non-hydrogen) atoms. The Hall–Kier alpha value is -1.04. The van der Waals surface area contributed by atoms with E-state index < -0.39 is 18.1 Å². The Balaban J connectivity index is 2.55. The summed E-state index contributed by atoms with van der Waals surface area (Å²) in [4.78, 5) is 13.3. The van der Waals surface area contributed by atoms with Crippen LogP contribution in [0.4, 0.5) is 13.2 Å². The van der Waals surface area contributed by atoms with Gasteiger partial charge in [0.2, 0.25) is 5.91 Å². The largest absolute Gasteiger partial charge is 0.393 e. The molecule has 0 aromatic heterocycles. The van der Waals surface area contributed by atoms with E-state index in [2.05, 4.69) is 11.9 Å². The van der Waals surface area contributed by atoms with Crippen LogP contribution < -0.4 is 5.32 Å². The third-order valence-electron chi connectivity index (χ3n) is 3.26. The van der Waals surface area contributed by atoms with E-state index in [1.165, 1.54) is 0 Å². The molecule has 1 heterocycles. The summed E-state index contributed by atoms with van der Waals surface area (Å²) in [6.45, 7) is 5.89. The van der Waals surface area contributed by atoms with Gasteiger partial charge in [-0.15, -0.1) is 6.58 Å². The first-order chi connectivity index (χ1) is 8.36. The van der Waals surface area contributed by atoms with Gasteiger partial charge in [-0.25, -0.2) is 0 Å². The van der Waals surface area contributed by atoms with E-state index in [1.807, 2.05) is 0 Å². The molecule has 0 spiro atoms. The quantitative estimate of drug-likeness (QED) is 0.787. The number of carbonyl (C=O) groups is 1. The molecular formula is C12H19F3N2O. The lowest BCUT2D eigenvalue weighted by Crippen LogP contribution is -2.51. The normalized spacial score (nSPS) is 23.4. The van der Waals surface area contributed by atoms with Crippen molar-refractivity contribution in [1.82, 2.24) is 10.2 Å². The molecule has 1 aliphatic heterocycles. The van der Waals surface area contributed by atoms with Gasteiger partial charge in [-0.3, -0.25) is 9.69 Å². The number of amides is 1. The van der Waals surface area contributed by atoms with Crippen LogP contribution in [0.1, 0.15) is 19.8 Å². The van der Waals surface area contributed by atoms with E-state index in [0.29, 0.717) is 19.5 Å². The van der Waals surface area contributed by atoms with Crippen LogP contribution in [0.5, 0.6) is 0 Å². The summed E-state index contributed by atoms with van der Waals surface area (Å²) in [5.41, 5.74) is 0. The van der Waals surface area contributed by atoms with Crippen molar-refractivity contribution in [2.75, 3.05) is 19.6 Å². The van der Waals surface area contributed by atoms with Crippen molar-refractivity contribution in [3.63, 3.8) is 0 Å². The SMILES string of the molecule is C=CCNC(=O)[C@@H](C)N1CCC[C@@H](C(F)(F)F)C1. The number of likely N-dealkylation sites (tertiary alicyclic amines) is 1. The molecule has 0 aromatic rings. The standard InChI is InChI=1S/C12H19F3N2O/c1-3-6-16-11(18)9(2)17-7-4-5-10(8-17)12(13,14)15/h3,9-10H,1,4-8H2,2H3,(H,16,18)/t9-,10-/m1/s1. The molecule has 0 aromatic carbocycles. The van der Waals surface area contributed by atoms with E-state index in [1.54, 1.807) is 17.9 Å². The smallest absolute Gasteiger partial charge is 0.351 e. The van der Waals surface area contributed by atoms with Crippen LogP contribution >= 0.6 is 0 Å². The second-order valence-electron chi connectivity index (χ2n) is 4.59. The van der Waals surface area contributed by atoms with Crippen molar-refractivity contribution in [2.45, 2.75) is 32.0 Å².